The fourth-order valence-electron chi connectivity index (χ4n) is 4.46. The zero-order valence-electron chi connectivity index (χ0n) is 17.8. The molecule has 1 atom stereocenters. The number of aromatic nitrogens is 1. The highest BCUT2D eigenvalue weighted by molar-refractivity contribution is 6.00. The number of para-hydroxylation sites is 2. The lowest BCUT2D eigenvalue weighted by atomic mass is 9.97. The Morgan fingerprint density at radius 1 is 1.03 bits per heavy atom. The minimum Gasteiger partial charge on any atom is -0.375 e. The molecule has 1 fully saturated rings. The van der Waals surface area contributed by atoms with E-state index in [9.17, 15) is 14.0 Å². The van der Waals surface area contributed by atoms with E-state index in [1.165, 1.54) is 19.2 Å². The van der Waals surface area contributed by atoms with Crippen LogP contribution < -0.4 is 4.90 Å². The van der Waals surface area contributed by atoms with E-state index in [0.29, 0.717) is 0 Å². The molecule has 32 heavy (non-hydrogen) atoms. The number of halogens is 1. The van der Waals surface area contributed by atoms with Crippen molar-refractivity contribution in [1.29, 1.82) is 0 Å². The third kappa shape index (κ3) is 3.58. The lowest BCUT2D eigenvalue weighted by Gasteiger charge is -2.39. The van der Waals surface area contributed by atoms with E-state index in [1.54, 1.807) is 21.9 Å². The maximum absolute atomic E-state index is 13.8. The molecule has 1 aliphatic carbocycles. The van der Waals surface area contributed by atoms with E-state index in [4.69, 9.17) is 4.74 Å². The molecule has 7 heteroatoms. The number of amides is 2. The van der Waals surface area contributed by atoms with E-state index in [2.05, 4.69) is 4.57 Å². The van der Waals surface area contributed by atoms with Crippen LogP contribution in [0.15, 0.2) is 66.9 Å². The Morgan fingerprint density at radius 2 is 1.75 bits per heavy atom. The standard InChI is InChI=1S/C25H24FN3O3/c1-32-16-24(31)28(19-12-13-19)15-23(30)29-21-6-3-2-5-20(21)27-14-4-7-22(27)25(29)17-8-10-18(26)11-9-17/h2-11,14,19,25H,12-13,15-16H2,1H3. The number of methoxy groups -OCH3 is 1. The summed E-state index contributed by atoms with van der Waals surface area (Å²) in [5.41, 5.74) is 3.35. The van der Waals surface area contributed by atoms with Gasteiger partial charge in [-0.25, -0.2) is 4.39 Å². The number of anilines is 1. The van der Waals surface area contributed by atoms with Crippen LogP contribution in [0, 0.1) is 5.82 Å². The van der Waals surface area contributed by atoms with E-state index >= 15 is 0 Å². The van der Waals surface area contributed by atoms with Crippen molar-refractivity contribution in [3.05, 3.63) is 83.9 Å². The van der Waals surface area contributed by atoms with E-state index < -0.39 is 6.04 Å². The molecule has 1 unspecified atom stereocenters. The molecule has 0 spiro atoms. The van der Waals surface area contributed by atoms with Gasteiger partial charge in [-0.2, -0.15) is 0 Å². The minimum atomic E-state index is -0.438. The smallest absolute Gasteiger partial charge is 0.249 e. The zero-order chi connectivity index (χ0) is 22.2. The van der Waals surface area contributed by atoms with Gasteiger partial charge in [-0.3, -0.25) is 14.5 Å². The summed E-state index contributed by atoms with van der Waals surface area (Å²) in [7, 11) is 1.48. The molecule has 164 valence electrons. The summed E-state index contributed by atoms with van der Waals surface area (Å²) in [6, 6.07) is 17.5. The van der Waals surface area contributed by atoms with Gasteiger partial charge >= 0.3 is 0 Å². The van der Waals surface area contributed by atoms with Gasteiger partial charge in [0.1, 0.15) is 25.0 Å². The number of hydrogen-bond donors (Lipinski definition) is 0. The average Bonchev–Trinajstić information content (AvgIpc) is 3.52. The van der Waals surface area contributed by atoms with Crippen LogP contribution in [0.1, 0.15) is 30.1 Å². The van der Waals surface area contributed by atoms with Crippen LogP contribution in [0.5, 0.6) is 0 Å². The van der Waals surface area contributed by atoms with Crippen molar-refractivity contribution in [2.24, 2.45) is 0 Å². The third-order valence-corrected chi connectivity index (χ3v) is 6.06. The molecule has 0 N–H and O–H groups in total. The quantitative estimate of drug-likeness (QED) is 0.596. The third-order valence-electron chi connectivity index (χ3n) is 6.06. The van der Waals surface area contributed by atoms with Crippen LogP contribution in [-0.2, 0) is 14.3 Å². The molecule has 1 aliphatic heterocycles. The van der Waals surface area contributed by atoms with Gasteiger partial charge in [-0.05, 0) is 54.8 Å². The van der Waals surface area contributed by atoms with E-state index in [0.717, 1.165) is 35.5 Å². The van der Waals surface area contributed by atoms with Crippen molar-refractivity contribution in [3.8, 4) is 5.69 Å². The molecule has 1 saturated carbocycles. The van der Waals surface area contributed by atoms with Crippen LogP contribution in [0.25, 0.3) is 5.69 Å². The maximum atomic E-state index is 13.8. The van der Waals surface area contributed by atoms with Crippen LogP contribution in [0.2, 0.25) is 0 Å². The first-order chi connectivity index (χ1) is 15.6. The van der Waals surface area contributed by atoms with Crippen LogP contribution in [-0.4, -0.2) is 47.6 Å². The molecule has 2 amide bonds. The molecule has 0 bridgehead atoms. The van der Waals surface area contributed by atoms with Crippen molar-refractivity contribution < 1.29 is 18.7 Å². The number of rotatable bonds is 6. The van der Waals surface area contributed by atoms with E-state index in [1.807, 2.05) is 42.6 Å². The van der Waals surface area contributed by atoms with Gasteiger partial charge in [-0.15, -0.1) is 0 Å². The molecular weight excluding hydrogens is 409 g/mol. The summed E-state index contributed by atoms with van der Waals surface area (Å²) in [5, 5.41) is 0. The molecule has 6 nitrogen and oxygen atoms in total. The maximum Gasteiger partial charge on any atom is 0.249 e. The molecule has 5 rings (SSSR count). The molecule has 3 aromatic rings. The van der Waals surface area contributed by atoms with Crippen LogP contribution in [0.3, 0.4) is 0 Å². The molecule has 2 aliphatic rings. The van der Waals surface area contributed by atoms with Gasteiger partial charge in [0.05, 0.1) is 17.1 Å². The van der Waals surface area contributed by atoms with Gasteiger partial charge in [0.25, 0.3) is 0 Å². The van der Waals surface area contributed by atoms with Crippen LogP contribution in [0.4, 0.5) is 10.1 Å². The Bertz CT molecular complexity index is 1150. The average molecular weight is 433 g/mol. The van der Waals surface area contributed by atoms with Crippen molar-refractivity contribution in [2.45, 2.75) is 24.9 Å². The van der Waals surface area contributed by atoms with Crippen molar-refractivity contribution >= 4 is 17.5 Å². The van der Waals surface area contributed by atoms with E-state index in [-0.39, 0.29) is 36.8 Å². The second-order valence-electron chi connectivity index (χ2n) is 8.20. The Kier molecular flexibility index (Phi) is 5.27. The fraction of sp³-hybridized carbons (Fsp3) is 0.280. The number of ether oxygens (including phenoxy) is 1. The van der Waals surface area contributed by atoms with Gasteiger partial charge < -0.3 is 14.2 Å². The number of fused-ring (bicyclic) bond motifs is 3. The van der Waals surface area contributed by atoms with Gasteiger partial charge in [0.2, 0.25) is 11.8 Å². The molecule has 2 heterocycles. The molecule has 0 radical (unpaired) electrons. The highest BCUT2D eigenvalue weighted by Crippen LogP contribution is 2.42. The number of carbonyl (C=O) groups excluding carboxylic acids is 2. The largest absolute Gasteiger partial charge is 0.375 e. The van der Waals surface area contributed by atoms with Gasteiger partial charge in [0.15, 0.2) is 0 Å². The highest BCUT2D eigenvalue weighted by atomic mass is 19.1. The normalized spacial score (nSPS) is 16.9. The number of hydrogen-bond acceptors (Lipinski definition) is 3. The lowest BCUT2D eigenvalue weighted by molar-refractivity contribution is -0.139. The van der Waals surface area contributed by atoms with Gasteiger partial charge in [0, 0.05) is 19.3 Å². The summed E-state index contributed by atoms with van der Waals surface area (Å²) < 4.78 is 20.8. The second-order valence-corrected chi connectivity index (χ2v) is 8.20. The van der Waals surface area contributed by atoms with Crippen molar-refractivity contribution in [2.75, 3.05) is 25.2 Å². The Labute approximate surface area is 185 Å². The first-order valence-electron chi connectivity index (χ1n) is 10.7. The van der Waals surface area contributed by atoms with Crippen LogP contribution >= 0.6 is 0 Å². The monoisotopic (exact) mass is 433 g/mol. The number of carbonyl (C=O) groups is 2. The van der Waals surface area contributed by atoms with Crippen molar-refractivity contribution in [1.82, 2.24) is 9.47 Å². The highest BCUT2D eigenvalue weighted by Gasteiger charge is 2.39. The molecular formula is C25H24FN3O3. The minimum absolute atomic E-state index is 0.0282. The summed E-state index contributed by atoms with van der Waals surface area (Å²) >= 11 is 0. The summed E-state index contributed by atoms with van der Waals surface area (Å²) in [5.74, 6) is -0.700. The fourth-order valence-corrected chi connectivity index (χ4v) is 4.46. The second kappa shape index (κ2) is 8.24. The predicted octanol–water partition coefficient (Wildman–Crippen LogP) is 3.69. The first-order valence-corrected chi connectivity index (χ1v) is 10.7. The number of benzene rings is 2. The summed E-state index contributed by atoms with van der Waals surface area (Å²) in [6.45, 7) is -0.0792. The topological polar surface area (TPSA) is 54.8 Å². The Hall–Kier alpha value is -3.45. The zero-order valence-corrected chi connectivity index (χ0v) is 17.8. The SMILES string of the molecule is COCC(=O)N(CC(=O)N1c2ccccc2-n2cccc2C1c1ccc(F)cc1)C1CC1. The van der Waals surface area contributed by atoms with Crippen molar-refractivity contribution in [3.63, 3.8) is 0 Å². The summed E-state index contributed by atoms with van der Waals surface area (Å²) in [4.78, 5) is 29.8. The molecule has 2 aromatic carbocycles. The first kappa shape index (κ1) is 20.5. The predicted molar refractivity (Wildman–Crippen MR) is 118 cm³/mol. The summed E-state index contributed by atoms with van der Waals surface area (Å²) in [6.07, 6.45) is 3.75. The Balaban J connectivity index is 1.58. The molecule has 0 saturated heterocycles. The van der Waals surface area contributed by atoms with Gasteiger partial charge in [-0.1, -0.05) is 24.3 Å². The molecule has 1 aromatic heterocycles. The lowest BCUT2D eigenvalue weighted by Crippen LogP contribution is -2.48. The number of nitrogens with zero attached hydrogens (tertiary/aromatic N) is 3. The Morgan fingerprint density at radius 3 is 2.44 bits per heavy atom.